The number of ether oxygens (including phenoxy) is 1. The molecule has 5 nitrogen and oxygen atoms in total. The van der Waals surface area contributed by atoms with Crippen LogP contribution in [0, 0.1) is 17.6 Å². The van der Waals surface area contributed by atoms with Crippen molar-refractivity contribution in [1.82, 2.24) is 4.90 Å². The molecular weight excluding hydrogens is 270 g/mol. The molecule has 0 bridgehead atoms. The van der Waals surface area contributed by atoms with Crippen LogP contribution in [0.25, 0.3) is 0 Å². The highest BCUT2D eigenvalue weighted by Crippen LogP contribution is 2.28. The number of hydrogen-bond acceptors (Lipinski definition) is 3. The number of benzene rings is 1. The molecule has 1 aromatic carbocycles. The summed E-state index contributed by atoms with van der Waals surface area (Å²) in [6.07, 6.45) is -0.475. The van der Waals surface area contributed by atoms with E-state index in [1.165, 1.54) is 12.0 Å². The van der Waals surface area contributed by atoms with Crippen molar-refractivity contribution < 1.29 is 23.4 Å². The van der Waals surface area contributed by atoms with Crippen LogP contribution in [0.15, 0.2) is 12.1 Å². The Morgan fingerprint density at radius 2 is 2.05 bits per heavy atom. The number of rotatable bonds is 3. The number of urea groups is 1. The molecule has 2 N–H and O–H groups in total. The Kier molecular flexibility index (Phi) is 4.08. The van der Waals surface area contributed by atoms with E-state index in [0.29, 0.717) is 13.1 Å². The minimum Gasteiger partial charge on any atom is -0.494 e. The molecule has 1 heterocycles. The molecule has 110 valence electrons. The molecule has 1 saturated heterocycles. The zero-order valence-electron chi connectivity index (χ0n) is 11.2. The molecule has 0 radical (unpaired) electrons. The lowest BCUT2D eigenvalue weighted by Gasteiger charge is -2.40. The van der Waals surface area contributed by atoms with Gasteiger partial charge < -0.3 is 20.1 Å². The van der Waals surface area contributed by atoms with Gasteiger partial charge in [-0.3, -0.25) is 0 Å². The average Bonchev–Trinajstić information content (AvgIpc) is 2.31. The zero-order valence-corrected chi connectivity index (χ0v) is 11.2. The molecule has 1 atom stereocenters. The second kappa shape index (κ2) is 5.62. The van der Waals surface area contributed by atoms with E-state index in [4.69, 9.17) is 4.74 Å². The van der Waals surface area contributed by atoms with Crippen LogP contribution in [0.2, 0.25) is 0 Å². The third-order valence-corrected chi connectivity index (χ3v) is 3.36. The van der Waals surface area contributed by atoms with Gasteiger partial charge in [-0.15, -0.1) is 0 Å². The molecule has 0 saturated carbocycles. The quantitative estimate of drug-likeness (QED) is 0.891. The van der Waals surface area contributed by atoms with Crippen LogP contribution in [0.3, 0.4) is 0 Å². The Balaban J connectivity index is 2.03. The van der Waals surface area contributed by atoms with Crippen molar-refractivity contribution in [3.63, 3.8) is 0 Å². The summed E-state index contributed by atoms with van der Waals surface area (Å²) in [6.45, 7) is 2.52. The van der Waals surface area contributed by atoms with Crippen molar-refractivity contribution >= 4 is 11.7 Å². The summed E-state index contributed by atoms with van der Waals surface area (Å²) >= 11 is 0. The Morgan fingerprint density at radius 3 is 2.60 bits per heavy atom. The number of nitrogens with zero attached hydrogens (tertiary/aromatic N) is 1. The van der Waals surface area contributed by atoms with Crippen LogP contribution in [0.4, 0.5) is 19.3 Å². The number of likely N-dealkylation sites (tertiary alicyclic amines) is 1. The summed E-state index contributed by atoms with van der Waals surface area (Å²) in [5.74, 6) is -2.01. The Morgan fingerprint density at radius 1 is 1.45 bits per heavy atom. The standard InChI is InChI=1S/C13H16F2N2O3/c1-7(18)8-5-17(6-8)13(19)16-11-3-9(14)10(15)4-12(11)20-2/h3-4,7-8,18H,5-6H2,1-2H3,(H,16,19). The smallest absolute Gasteiger partial charge is 0.321 e. The summed E-state index contributed by atoms with van der Waals surface area (Å²) in [5.41, 5.74) is 0.0666. The first kappa shape index (κ1) is 14.5. The van der Waals surface area contributed by atoms with E-state index in [-0.39, 0.29) is 17.4 Å². The number of anilines is 1. The van der Waals surface area contributed by atoms with E-state index in [1.807, 2.05) is 0 Å². The van der Waals surface area contributed by atoms with E-state index < -0.39 is 23.8 Å². The van der Waals surface area contributed by atoms with E-state index >= 15 is 0 Å². The Labute approximate surface area is 115 Å². The van der Waals surface area contributed by atoms with Crippen LogP contribution in [0.5, 0.6) is 5.75 Å². The van der Waals surface area contributed by atoms with Gasteiger partial charge in [0.05, 0.1) is 18.9 Å². The highest BCUT2D eigenvalue weighted by Gasteiger charge is 2.33. The maximum atomic E-state index is 13.2. The lowest BCUT2D eigenvalue weighted by molar-refractivity contribution is 0.0309. The first-order chi connectivity index (χ1) is 9.42. The maximum absolute atomic E-state index is 13.2. The van der Waals surface area contributed by atoms with Crippen molar-refractivity contribution in [2.24, 2.45) is 5.92 Å². The van der Waals surface area contributed by atoms with Gasteiger partial charge in [-0.2, -0.15) is 0 Å². The Bertz CT molecular complexity index is 517. The minimum atomic E-state index is -1.06. The van der Waals surface area contributed by atoms with Crippen molar-refractivity contribution in [3.05, 3.63) is 23.8 Å². The molecule has 1 unspecified atom stereocenters. The largest absolute Gasteiger partial charge is 0.494 e. The van der Waals surface area contributed by atoms with Crippen LogP contribution >= 0.6 is 0 Å². The number of aliphatic hydroxyl groups excluding tert-OH is 1. The number of methoxy groups -OCH3 is 1. The number of amides is 2. The van der Waals surface area contributed by atoms with Gasteiger partial charge >= 0.3 is 6.03 Å². The van der Waals surface area contributed by atoms with E-state index in [1.54, 1.807) is 6.92 Å². The predicted octanol–water partition coefficient (Wildman–Crippen LogP) is 1.82. The first-order valence-electron chi connectivity index (χ1n) is 6.19. The molecule has 0 spiro atoms. The van der Waals surface area contributed by atoms with Crippen LogP contribution in [-0.2, 0) is 0 Å². The van der Waals surface area contributed by atoms with Crippen molar-refractivity contribution in [2.75, 3.05) is 25.5 Å². The lowest BCUT2D eigenvalue weighted by Crippen LogP contribution is -2.55. The summed E-state index contributed by atoms with van der Waals surface area (Å²) < 4.78 is 31.1. The van der Waals surface area contributed by atoms with Gasteiger partial charge in [0.25, 0.3) is 0 Å². The highest BCUT2D eigenvalue weighted by atomic mass is 19.2. The second-order valence-corrected chi connectivity index (χ2v) is 4.80. The fraction of sp³-hybridized carbons (Fsp3) is 0.462. The van der Waals surface area contributed by atoms with Gasteiger partial charge in [0.15, 0.2) is 11.6 Å². The number of carbonyl (C=O) groups is 1. The normalized spacial score (nSPS) is 16.6. The number of hydrogen-bond donors (Lipinski definition) is 2. The summed E-state index contributed by atoms with van der Waals surface area (Å²) in [4.78, 5) is 13.4. The molecule has 2 rings (SSSR count). The maximum Gasteiger partial charge on any atom is 0.321 e. The number of carbonyl (C=O) groups excluding carboxylic acids is 1. The number of nitrogens with one attached hydrogen (secondary N) is 1. The summed E-state index contributed by atoms with van der Waals surface area (Å²) in [7, 11) is 1.30. The molecule has 1 aliphatic rings. The van der Waals surface area contributed by atoms with Gasteiger partial charge in [0.1, 0.15) is 5.75 Å². The molecule has 2 amide bonds. The van der Waals surface area contributed by atoms with Crippen molar-refractivity contribution in [3.8, 4) is 5.75 Å². The fourth-order valence-electron chi connectivity index (χ4n) is 1.97. The molecule has 1 aliphatic heterocycles. The van der Waals surface area contributed by atoms with Gasteiger partial charge in [-0.25, -0.2) is 13.6 Å². The predicted molar refractivity (Wildman–Crippen MR) is 68.7 cm³/mol. The average molecular weight is 286 g/mol. The Hall–Kier alpha value is -1.89. The first-order valence-corrected chi connectivity index (χ1v) is 6.19. The molecule has 0 aliphatic carbocycles. The molecule has 7 heteroatoms. The highest BCUT2D eigenvalue weighted by molar-refractivity contribution is 5.91. The second-order valence-electron chi connectivity index (χ2n) is 4.80. The van der Waals surface area contributed by atoms with Gasteiger partial charge in [-0.05, 0) is 6.92 Å². The molecule has 20 heavy (non-hydrogen) atoms. The number of aliphatic hydroxyl groups is 1. The van der Waals surface area contributed by atoms with Crippen LogP contribution in [-0.4, -0.2) is 42.3 Å². The number of halogens is 2. The zero-order chi connectivity index (χ0) is 14.9. The summed E-state index contributed by atoms with van der Waals surface area (Å²) in [5, 5.41) is 11.8. The third-order valence-electron chi connectivity index (χ3n) is 3.36. The summed E-state index contributed by atoms with van der Waals surface area (Å²) in [6, 6.07) is 1.31. The van der Waals surface area contributed by atoms with Crippen molar-refractivity contribution in [2.45, 2.75) is 13.0 Å². The van der Waals surface area contributed by atoms with Gasteiger partial charge in [0.2, 0.25) is 0 Å². The third kappa shape index (κ3) is 2.82. The van der Waals surface area contributed by atoms with Crippen LogP contribution < -0.4 is 10.1 Å². The van der Waals surface area contributed by atoms with E-state index in [2.05, 4.69) is 5.32 Å². The molecular formula is C13H16F2N2O3. The van der Waals surface area contributed by atoms with Gasteiger partial charge in [-0.1, -0.05) is 0 Å². The fourth-order valence-corrected chi connectivity index (χ4v) is 1.97. The van der Waals surface area contributed by atoms with Crippen molar-refractivity contribution in [1.29, 1.82) is 0 Å². The molecule has 1 aromatic rings. The van der Waals surface area contributed by atoms with E-state index in [0.717, 1.165) is 12.1 Å². The monoisotopic (exact) mass is 286 g/mol. The van der Waals surface area contributed by atoms with Gasteiger partial charge in [0, 0.05) is 31.1 Å². The minimum absolute atomic E-state index is 0.0462. The molecule has 0 aromatic heterocycles. The van der Waals surface area contributed by atoms with Crippen LogP contribution in [0.1, 0.15) is 6.92 Å². The SMILES string of the molecule is COc1cc(F)c(F)cc1NC(=O)N1CC(C(C)O)C1. The molecule has 1 fully saturated rings. The lowest BCUT2D eigenvalue weighted by atomic mass is 9.95. The van der Waals surface area contributed by atoms with E-state index in [9.17, 15) is 18.7 Å². The topological polar surface area (TPSA) is 61.8 Å².